The number of rotatable bonds is 5. The van der Waals surface area contributed by atoms with Crippen molar-refractivity contribution in [3.63, 3.8) is 0 Å². The van der Waals surface area contributed by atoms with Crippen molar-refractivity contribution >= 4 is 18.5 Å². The molecule has 0 bridgehead atoms. The van der Waals surface area contributed by atoms with E-state index in [0.717, 1.165) is 6.42 Å². The first-order valence-corrected chi connectivity index (χ1v) is 3.98. The topological polar surface area (TPSA) is 61.4 Å². The third-order valence-electron chi connectivity index (χ3n) is 1.05. The van der Waals surface area contributed by atoms with Crippen LogP contribution in [0.3, 0.4) is 0 Å². The zero-order chi connectivity index (χ0) is 8.69. The molecule has 66 valence electrons. The summed E-state index contributed by atoms with van der Waals surface area (Å²) < 4.78 is 0. The lowest BCUT2D eigenvalue weighted by atomic mass is 10.4. The highest BCUT2D eigenvalue weighted by molar-refractivity contribution is 7.80. The molecule has 0 fully saturated rings. The number of aliphatic hydroxyl groups is 1. The molecule has 0 aliphatic carbocycles. The molecular formula is C6H14N2O2S. The van der Waals surface area contributed by atoms with Crippen LogP contribution in [-0.2, 0) is 4.79 Å². The second-order valence-electron chi connectivity index (χ2n) is 2.16. The molecule has 0 aliphatic heterocycles. The quantitative estimate of drug-likeness (QED) is 0.256. The predicted octanol–water partition coefficient (Wildman–Crippen LogP) is -0.692. The monoisotopic (exact) mass is 178 g/mol. The van der Waals surface area contributed by atoms with Crippen LogP contribution in [0.15, 0.2) is 0 Å². The summed E-state index contributed by atoms with van der Waals surface area (Å²) in [7, 11) is 0. The summed E-state index contributed by atoms with van der Waals surface area (Å²) in [5, 5.41) is 13.9. The fourth-order valence-corrected chi connectivity index (χ4v) is 0.713. The fourth-order valence-electron chi connectivity index (χ4n) is 0.584. The predicted molar refractivity (Wildman–Crippen MR) is 46.3 cm³/mol. The Morgan fingerprint density at radius 1 is 1.64 bits per heavy atom. The molecule has 0 radical (unpaired) electrons. The summed E-state index contributed by atoms with van der Waals surface area (Å²) in [6, 6.07) is 0. The molecule has 4 nitrogen and oxygen atoms in total. The maximum absolute atomic E-state index is 10.3. The van der Waals surface area contributed by atoms with Gasteiger partial charge in [0.05, 0.1) is 0 Å². The molecule has 0 aromatic rings. The normalized spacial score (nSPS) is 12.6. The lowest BCUT2D eigenvalue weighted by molar-refractivity contribution is -0.118. The Balaban J connectivity index is 2.97. The van der Waals surface area contributed by atoms with Crippen molar-refractivity contribution in [2.45, 2.75) is 18.9 Å². The Morgan fingerprint density at radius 2 is 2.27 bits per heavy atom. The van der Waals surface area contributed by atoms with Crippen molar-refractivity contribution in [1.29, 1.82) is 0 Å². The summed E-state index contributed by atoms with van der Waals surface area (Å²) in [6.07, 6.45) is 0.789. The zero-order valence-electron chi connectivity index (χ0n) is 6.50. The number of hydrogen-bond donors (Lipinski definition) is 4. The van der Waals surface area contributed by atoms with Crippen LogP contribution in [0.2, 0.25) is 0 Å². The molecule has 0 rings (SSSR count). The Hall–Kier alpha value is -0.260. The summed E-state index contributed by atoms with van der Waals surface area (Å²) in [4.78, 5) is 10.3. The molecule has 1 atom stereocenters. The summed E-state index contributed by atoms with van der Waals surface area (Å²) in [6.45, 7) is 2.74. The number of carbonyl (C=O) groups is 1. The van der Waals surface area contributed by atoms with Gasteiger partial charge in [-0.1, -0.05) is 0 Å². The molecule has 1 unspecified atom stereocenters. The minimum atomic E-state index is -0.771. The Bertz CT molecular complexity index is 119. The van der Waals surface area contributed by atoms with Gasteiger partial charge in [-0.2, -0.15) is 0 Å². The minimum absolute atomic E-state index is 0.0311. The highest BCUT2D eigenvalue weighted by Crippen LogP contribution is 1.81. The van der Waals surface area contributed by atoms with Gasteiger partial charge in [0.15, 0.2) is 0 Å². The Kier molecular flexibility index (Phi) is 6.30. The van der Waals surface area contributed by atoms with Gasteiger partial charge in [-0.3, -0.25) is 10.1 Å². The minimum Gasteiger partial charge on any atom is -0.369 e. The summed E-state index contributed by atoms with van der Waals surface area (Å²) in [5.41, 5.74) is -0.771. The molecule has 0 aromatic heterocycles. The molecule has 11 heavy (non-hydrogen) atoms. The first-order chi connectivity index (χ1) is 5.13. The summed E-state index contributed by atoms with van der Waals surface area (Å²) in [5.74, 6) is -0.0311. The highest BCUT2D eigenvalue weighted by atomic mass is 32.1. The van der Waals surface area contributed by atoms with E-state index in [0.29, 0.717) is 13.1 Å². The van der Waals surface area contributed by atoms with Gasteiger partial charge in [0.25, 0.3) is 0 Å². The van der Waals surface area contributed by atoms with E-state index in [1.165, 1.54) is 6.92 Å². The van der Waals surface area contributed by atoms with E-state index in [-0.39, 0.29) is 5.91 Å². The van der Waals surface area contributed by atoms with Gasteiger partial charge < -0.3 is 10.4 Å². The number of carbonyl (C=O) groups excluding carboxylic acids is 1. The largest absolute Gasteiger partial charge is 0.369 e. The van der Waals surface area contributed by atoms with E-state index in [4.69, 9.17) is 5.11 Å². The first kappa shape index (κ1) is 10.7. The van der Waals surface area contributed by atoms with Gasteiger partial charge in [-0.05, 0) is 13.0 Å². The Morgan fingerprint density at radius 3 is 2.73 bits per heavy atom. The van der Waals surface area contributed by atoms with Crippen molar-refractivity contribution in [1.82, 2.24) is 10.6 Å². The molecule has 1 amide bonds. The smallest absolute Gasteiger partial charge is 0.216 e. The average Bonchev–Trinajstić information content (AvgIpc) is 1.85. The van der Waals surface area contributed by atoms with Crippen LogP contribution in [0, 0.1) is 0 Å². The molecule has 0 heterocycles. The molecule has 0 saturated heterocycles. The molecular weight excluding hydrogens is 164 g/mol. The van der Waals surface area contributed by atoms with Crippen molar-refractivity contribution in [2.75, 3.05) is 13.1 Å². The van der Waals surface area contributed by atoms with Crippen LogP contribution >= 0.6 is 12.6 Å². The second-order valence-corrected chi connectivity index (χ2v) is 2.65. The van der Waals surface area contributed by atoms with Gasteiger partial charge >= 0.3 is 0 Å². The molecule has 0 aromatic carbocycles. The van der Waals surface area contributed by atoms with E-state index in [9.17, 15) is 4.79 Å². The lowest BCUT2D eigenvalue weighted by Crippen LogP contribution is -2.28. The van der Waals surface area contributed by atoms with Gasteiger partial charge in [-0.25, -0.2) is 0 Å². The van der Waals surface area contributed by atoms with Crippen LogP contribution in [0.4, 0.5) is 0 Å². The fraction of sp³-hybridized carbons (Fsp3) is 0.833. The third-order valence-corrected chi connectivity index (χ3v) is 1.24. The standard InChI is InChI=1S/C6H14N2O2S/c1-5(9)7-3-2-4-8-6(10)11/h6,8,10-11H,2-4H2,1H3,(H,7,9). The van der Waals surface area contributed by atoms with E-state index in [1.807, 2.05) is 0 Å². The number of nitrogens with one attached hydrogen (secondary N) is 2. The van der Waals surface area contributed by atoms with Crippen LogP contribution in [0.5, 0.6) is 0 Å². The number of amides is 1. The highest BCUT2D eigenvalue weighted by Gasteiger charge is 1.93. The molecule has 0 spiro atoms. The first-order valence-electron chi connectivity index (χ1n) is 3.47. The van der Waals surface area contributed by atoms with Gasteiger partial charge in [0.2, 0.25) is 5.91 Å². The Labute approximate surface area is 71.8 Å². The molecule has 5 heteroatoms. The van der Waals surface area contributed by atoms with Crippen LogP contribution in [-0.4, -0.2) is 29.7 Å². The second kappa shape index (κ2) is 6.45. The van der Waals surface area contributed by atoms with Gasteiger partial charge in [0, 0.05) is 13.5 Å². The number of hydrogen-bond acceptors (Lipinski definition) is 4. The number of aliphatic hydroxyl groups excluding tert-OH is 1. The van der Waals surface area contributed by atoms with Crippen molar-refractivity contribution in [2.24, 2.45) is 0 Å². The van der Waals surface area contributed by atoms with Gasteiger partial charge in [-0.15, -0.1) is 12.6 Å². The average molecular weight is 178 g/mol. The van der Waals surface area contributed by atoms with Crippen molar-refractivity contribution in [3.8, 4) is 0 Å². The summed E-state index contributed by atoms with van der Waals surface area (Å²) >= 11 is 3.70. The lowest BCUT2D eigenvalue weighted by Gasteiger charge is -2.05. The number of thiol groups is 1. The maximum atomic E-state index is 10.3. The van der Waals surface area contributed by atoms with E-state index in [1.54, 1.807) is 0 Å². The van der Waals surface area contributed by atoms with Crippen LogP contribution in [0.25, 0.3) is 0 Å². The molecule has 0 aliphatic rings. The SMILES string of the molecule is CC(=O)NCCCNC(O)S. The van der Waals surface area contributed by atoms with Crippen LogP contribution in [0.1, 0.15) is 13.3 Å². The van der Waals surface area contributed by atoms with E-state index < -0.39 is 5.56 Å². The van der Waals surface area contributed by atoms with Crippen LogP contribution < -0.4 is 10.6 Å². The van der Waals surface area contributed by atoms with Gasteiger partial charge in [0.1, 0.15) is 5.56 Å². The molecule has 3 N–H and O–H groups in total. The third kappa shape index (κ3) is 9.74. The maximum Gasteiger partial charge on any atom is 0.216 e. The van der Waals surface area contributed by atoms with E-state index >= 15 is 0 Å². The molecule has 0 saturated carbocycles. The van der Waals surface area contributed by atoms with Crippen molar-refractivity contribution in [3.05, 3.63) is 0 Å². The van der Waals surface area contributed by atoms with E-state index in [2.05, 4.69) is 23.3 Å². The zero-order valence-corrected chi connectivity index (χ0v) is 7.40. The van der Waals surface area contributed by atoms with Crippen molar-refractivity contribution < 1.29 is 9.90 Å².